The molecule has 3 atom stereocenters. The Labute approximate surface area is 294 Å². The van der Waals surface area contributed by atoms with Crippen molar-refractivity contribution in [3.8, 4) is 0 Å². The minimum absolute atomic E-state index is 0.158. The highest BCUT2D eigenvalue weighted by molar-refractivity contribution is 5.78. The van der Waals surface area contributed by atoms with Crippen molar-refractivity contribution in [2.75, 3.05) is 58.9 Å². The second-order valence-electron chi connectivity index (χ2n) is 15.0. The van der Waals surface area contributed by atoms with Gasteiger partial charge in [0.1, 0.15) is 0 Å². The van der Waals surface area contributed by atoms with Gasteiger partial charge in [-0.1, -0.05) is 79.2 Å². The van der Waals surface area contributed by atoms with E-state index in [-0.39, 0.29) is 5.92 Å². The van der Waals surface area contributed by atoms with Crippen LogP contribution in [0.4, 0.5) is 0 Å². The summed E-state index contributed by atoms with van der Waals surface area (Å²) in [7, 11) is 0. The average Bonchev–Trinajstić information content (AvgIpc) is 3.09. The van der Waals surface area contributed by atoms with E-state index in [1.165, 1.54) is 170 Å². The number of rotatable bonds is 33. The molecule has 0 saturated heterocycles. The number of pyridine rings is 1. The van der Waals surface area contributed by atoms with Crippen LogP contribution in [0.15, 0.2) is 30.6 Å². The standard InChI is InChI=1S/C42H82N4O/c1-7-13-24-37-45(12-6,35-15-9-3)38-26-17-20-28-41(42(47)43-30-33-44-31-22-19-23-32-44)29-21-18-27-40-46(34-11-5,36-16-10-4)39-25-14-8-2/h19,22-23,31-32,41H,7-18,20-21,24-30,33-40H2,1-6H3/q+2/p+1. The zero-order valence-electron chi connectivity index (χ0n) is 32.7. The lowest BCUT2D eigenvalue weighted by Gasteiger charge is -2.39. The number of amides is 1. The van der Waals surface area contributed by atoms with Gasteiger partial charge >= 0.3 is 0 Å². The van der Waals surface area contributed by atoms with Crippen LogP contribution in [0.3, 0.4) is 0 Å². The predicted molar refractivity (Wildman–Crippen MR) is 204 cm³/mol. The summed E-state index contributed by atoms with van der Waals surface area (Å²) in [6.07, 6.45) is 28.4. The summed E-state index contributed by atoms with van der Waals surface area (Å²) in [4.78, 5) is 13.5. The molecule has 1 aromatic rings. The van der Waals surface area contributed by atoms with Crippen molar-refractivity contribution in [1.82, 2.24) is 5.32 Å². The predicted octanol–water partition coefficient (Wildman–Crippen LogP) is 9.87. The van der Waals surface area contributed by atoms with E-state index >= 15 is 0 Å². The molecule has 5 heteroatoms. The molecular formula is C42H83N4O+3. The maximum atomic E-state index is 13.5. The van der Waals surface area contributed by atoms with Crippen LogP contribution in [0.2, 0.25) is 0 Å². The second-order valence-corrected chi connectivity index (χ2v) is 15.0. The van der Waals surface area contributed by atoms with E-state index in [0.717, 1.165) is 19.4 Å². The molecule has 1 N–H and O–H groups in total. The summed E-state index contributed by atoms with van der Waals surface area (Å²) >= 11 is 0. The van der Waals surface area contributed by atoms with Gasteiger partial charge in [-0.25, -0.2) is 4.57 Å². The molecule has 3 unspecified atom stereocenters. The maximum Gasteiger partial charge on any atom is 0.223 e. The summed E-state index contributed by atoms with van der Waals surface area (Å²) in [6.45, 7) is 26.3. The Morgan fingerprint density at radius 2 is 1.00 bits per heavy atom. The second kappa shape index (κ2) is 28.4. The van der Waals surface area contributed by atoms with Crippen LogP contribution in [-0.4, -0.2) is 73.8 Å². The van der Waals surface area contributed by atoms with Crippen LogP contribution in [0.5, 0.6) is 0 Å². The highest BCUT2D eigenvalue weighted by Crippen LogP contribution is 2.22. The van der Waals surface area contributed by atoms with E-state index in [4.69, 9.17) is 0 Å². The van der Waals surface area contributed by atoms with E-state index in [9.17, 15) is 4.79 Å². The largest absolute Gasteiger partial charge is 0.349 e. The van der Waals surface area contributed by atoms with Gasteiger partial charge in [0.05, 0.1) is 58.9 Å². The minimum Gasteiger partial charge on any atom is -0.349 e. The van der Waals surface area contributed by atoms with Crippen molar-refractivity contribution < 1.29 is 18.3 Å². The van der Waals surface area contributed by atoms with Crippen molar-refractivity contribution in [2.24, 2.45) is 5.92 Å². The number of hydrogen-bond donors (Lipinski definition) is 1. The Morgan fingerprint density at radius 1 is 0.532 bits per heavy atom. The normalized spacial score (nSPS) is 14.9. The molecule has 5 nitrogen and oxygen atoms in total. The highest BCUT2D eigenvalue weighted by atomic mass is 16.1. The van der Waals surface area contributed by atoms with Crippen molar-refractivity contribution >= 4 is 5.91 Å². The Kier molecular flexibility index (Phi) is 26.3. The van der Waals surface area contributed by atoms with E-state index in [2.05, 4.69) is 76.0 Å². The van der Waals surface area contributed by atoms with E-state index in [1.54, 1.807) is 0 Å². The van der Waals surface area contributed by atoms with Gasteiger partial charge in [-0.2, -0.15) is 0 Å². The fourth-order valence-electron chi connectivity index (χ4n) is 7.81. The molecule has 0 aliphatic rings. The van der Waals surface area contributed by atoms with Gasteiger partial charge in [0.15, 0.2) is 18.9 Å². The molecule has 1 aromatic heterocycles. The SMILES string of the molecule is CCCCC[N+](CC)(CCCC)CCCCCC(CCCCC[N+](CCC)(CCCC)CCCCC)C(=O)NCC[n+]1ccccc1. The number of carbonyl (C=O) groups is 1. The summed E-state index contributed by atoms with van der Waals surface area (Å²) in [5, 5.41) is 3.33. The molecule has 0 saturated carbocycles. The number of carbonyl (C=O) groups excluding carboxylic acids is 1. The summed E-state index contributed by atoms with van der Waals surface area (Å²) in [5.74, 6) is 0.451. The molecular weight excluding hydrogens is 576 g/mol. The van der Waals surface area contributed by atoms with E-state index < -0.39 is 0 Å². The monoisotopic (exact) mass is 660 g/mol. The van der Waals surface area contributed by atoms with Gasteiger partial charge in [-0.3, -0.25) is 4.79 Å². The van der Waals surface area contributed by atoms with Crippen LogP contribution in [-0.2, 0) is 11.3 Å². The maximum absolute atomic E-state index is 13.5. The zero-order chi connectivity index (χ0) is 34.5. The van der Waals surface area contributed by atoms with Gasteiger partial charge < -0.3 is 14.3 Å². The van der Waals surface area contributed by atoms with Crippen molar-refractivity contribution in [3.63, 3.8) is 0 Å². The Balaban J connectivity index is 2.72. The molecule has 0 aliphatic heterocycles. The lowest BCUT2D eigenvalue weighted by Crippen LogP contribution is -2.50. The molecule has 0 aliphatic carbocycles. The van der Waals surface area contributed by atoms with Crippen LogP contribution >= 0.6 is 0 Å². The zero-order valence-corrected chi connectivity index (χ0v) is 32.7. The topological polar surface area (TPSA) is 33.0 Å². The number of hydrogen-bond acceptors (Lipinski definition) is 1. The van der Waals surface area contributed by atoms with Crippen LogP contribution in [0.25, 0.3) is 0 Å². The first-order chi connectivity index (χ1) is 22.9. The van der Waals surface area contributed by atoms with Crippen molar-refractivity contribution in [1.29, 1.82) is 0 Å². The number of quaternary nitrogens is 2. The molecule has 0 bridgehead atoms. The first-order valence-electron chi connectivity index (χ1n) is 20.9. The van der Waals surface area contributed by atoms with Gasteiger partial charge in [0.25, 0.3) is 0 Å². The number of nitrogens with one attached hydrogen (secondary N) is 1. The molecule has 1 rings (SSSR count). The Bertz CT molecular complexity index is 848. The fourth-order valence-corrected chi connectivity index (χ4v) is 7.81. The summed E-state index contributed by atoms with van der Waals surface area (Å²) in [5.41, 5.74) is 0. The minimum atomic E-state index is 0.158. The first kappa shape index (κ1) is 43.6. The number of unbranched alkanes of at least 4 members (excludes halogenated alkanes) is 10. The smallest absolute Gasteiger partial charge is 0.223 e. The van der Waals surface area contributed by atoms with Crippen LogP contribution in [0.1, 0.15) is 164 Å². The Hall–Kier alpha value is -1.46. The van der Waals surface area contributed by atoms with Crippen LogP contribution < -0.4 is 9.88 Å². The highest BCUT2D eigenvalue weighted by Gasteiger charge is 2.26. The molecule has 1 amide bonds. The Morgan fingerprint density at radius 3 is 1.49 bits per heavy atom. The lowest BCUT2D eigenvalue weighted by atomic mass is 9.93. The first-order valence-corrected chi connectivity index (χ1v) is 20.9. The van der Waals surface area contributed by atoms with Gasteiger partial charge in [0.2, 0.25) is 5.91 Å². The van der Waals surface area contributed by atoms with E-state index in [1.807, 2.05) is 6.07 Å². The van der Waals surface area contributed by atoms with Crippen molar-refractivity contribution in [2.45, 2.75) is 170 Å². The molecule has 0 fully saturated rings. The molecule has 1 heterocycles. The average molecular weight is 660 g/mol. The quantitative estimate of drug-likeness (QED) is 0.0455. The molecule has 0 aromatic carbocycles. The van der Waals surface area contributed by atoms with E-state index in [0.29, 0.717) is 12.5 Å². The van der Waals surface area contributed by atoms with Crippen LogP contribution in [0, 0.1) is 5.92 Å². The number of nitrogens with zero attached hydrogens (tertiary/aromatic N) is 3. The van der Waals surface area contributed by atoms with Crippen molar-refractivity contribution in [3.05, 3.63) is 30.6 Å². The molecule has 274 valence electrons. The van der Waals surface area contributed by atoms with Gasteiger partial charge in [-0.15, -0.1) is 0 Å². The molecule has 47 heavy (non-hydrogen) atoms. The fraction of sp³-hybridized carbons (Fsp3) is 0.857. The summed E-state index contributed by atoms with van der Waals surface area (Å²) < 4.78 is 4.80. The molecule has 0 radical (unpaired) electrons. The third-order valence-corrected chi connectivity index (χ3v) is 11.0. The third-order valence-electron chi connectivity index (χ3n) is 11.0. The lowest BCUT2D eigenvalue weighted by molar-refractivity contribution is -0.929. The molecule has 0 spiro atoms. The number of aromatic nitrogens is 1. The summed E-state index contributed by atoms with van der Waals surface area (Å²) in [6, 6.07) is 6.16. The third kappa shape index (κ3) is 20.0. The van der Waals surface area contributed by atoms with Gasteiger partial charge in [-0.05, 0) is 90.4 Å². The van der Waals surface area contributed by atoms with Gasteiger partial charge in [0, 0.05) is 18.1 Å².